The van der Waals surface area contributed by atoms with Gasteiger partial charge in [0.1, 0.15) is 19.0 Å². The molecule has 1 aliphatic carbocycles. The minimum Gasteiger partial charge on any atom is -0.456 e. The number of cyclic esters (lactones) is 1. The number of hydrogen-bond acceptors (Lipinski definition) is 10. The van der Waals surface area contributed by atoms with Gasteiger partial charge in [0.25, 0.3) is 0 Å². The monoisotopic (exact) mass is 482 g/mol. The van der Waals surface area contributed by atoms with Crippen molar-refractivity contribution < 1.29 is 19.4 Å². The van der Waals surface area contributed by atoms with E-state index >= 15 is 0 Å². The average molecular weight is 483 g/mol. The quantitative estimate of drug-likeness (QED) is 0.584. The highest BCUT2D eigenvalue weighted by Gasteiger charge is 2.57. The second kappa shape index (κ2) is 9.08. The van der Waals surface area contributed by atoms with Crippen molar-refractivity contribution in [2.75, 3.05) is 26.2 Å². The highest BCUT2D eigenvalue weighted by molar-refractivity contribution is 5.91. The van der Waals surface area contributed by atoms with E-state index < -0.39 is 11.5 Å². The molecule has 6 rings (SSSR count). The van der Waals surface area contributed by atoms with Crippen molar-refractivity contribution in [3.63, 3.8) is 0 Å². The molecule has 3 aliphatic heterocycles. The van der Waals surface area contributed by atoms with Gasteiger partial charge in [-0.1, -0.05) is 7.43 Å². The fourth-order valence-electron chi connectivity index (χ4n) is 5.51. The number of carbonyl (C=O) groups is 2. The van der Waals surface area contributed by atoms with Gasteiger partial charge in [-0.05, 0) is 73.7 Å². The Morgan fingerprint density at radius 3 is 2.57 bits per heavy atom. The number of aliphatic hydroxyl groups excluding tert-OH is 1. The molecule has 12 nitrogen and oxygen atoms in total. The fraction of sp³-hybridized carbons (Fsp3) is 0.609. The fourth-order valence-corrected chi connectivity index (χ4v) is 5.51. The second-order valence-electron chi connectivity index (χ2n) is 9.69. The first-order valence-electron chi connectivity index (χ1n) is 11.7. The molecule has 5 heterocycles. The number of esters is 1. The summed E-state index contributed by atoms with van der Waals surface area (Å²) in [5.41, 5.74) is 0.797. The van der Waals surface area contributed by atoms with Gasteiger partial charge in [-0.2, -0.15) is 9.78 Å². The predicted octanol–water partition coefficient (Wildman–Crippen LogP) is 0.656. The van der Waals surface area contributed by atoms with Gasteiger partial charge in [0.2, 0.25) is 5.91 Å². The number of nitrogens with zero attached hydrogens (tertiary/aromatic N) is 8. The summed E-state index contributed by atoms with van der Waals surface area (Å²) in [6.07, 6.45) is 6.71. The molecule has 1 spiro atoms. The third kappa shape index (κ3) is 4.31. The molecule has 2 aromatic rings. The minimum absolute atomic E-state index is 0. The number of ether oxygens (including phenoxy) is 1. The summed E-state index contributed by atoms with van der Waals surface area (Å²) in [5.74, 6) is 0.767. The summed E-state index contributed by atoms with van der Waals surface area (Å²) in [7, 11) is 0. The lowest BCUT2D eigenvalue weighted by Crippen LogP contribution is -2.45. The number of β-amino-alcohol motifs (C(OH)–C–C–N with tert-alkyl or cyclic N) is 1. The summed E-state index contributed by atoms with van der Waals surface area (Å²) >= 11 is 0. The standard InChI is InChI=1S/C22H26N8O4.CH4/c31-18(16-3-4-19(25-24-16)29-13-23-26-27-29)11-28-7-5-22(6-8-28)10-17(14-1-2-14)30(21(22)33)15-9-20(32)34-12-15;/h3-4,9,13-14,17-18,31H,1-2,5-8,10-12H2;1H4/t17?,18-;/m0./s1. The van der Waals surface area contributed by atoms with Crippen molar-refractivity contribution >= 4 is 11.9 Å². The normalized spacial score (nSPS) is 24.9. The van der Waals surface area contributed by atoms with Crippen LogP contribution in [-0.4, -0.2) is 89.5 Å². The first kappa shape index (κ1) is 23.5. The number of rotatable bonds is 6. The molecule has 1 unspecified atom stereocenters. The Hall–Kier alpha value is -3.25. The number of amides is 1. The van der Waals surface area contributed by atoms with E-state index in [0.717, 1.165) is 45.2 Å². The molecule has 35 heavy (non-hydrogen) atoms. The summed E-state index contributed by atoms with van der Waals surface area (Å²) < 4.78 is 6.49. The zero-order chi connectivity index (χ0) is 23.3. The predicted molar refractivity (Wildman–Crippen MR) is 122 cm³/mol. The van der Waals surface area contributed by atoms with Crippen LogP contribution in [0.15, 0.2) is 30.2 Å². The molecular formula is C23H30N8O4. The smallest absolute Gasteiger partial charge is 0.333 e. The molecule has 0 aromatic carbocycles. The van der Waals surface area contributed by atoms with Gasteiger partial charge < -0.3 is 19.6 Å². The minimum atomic E-state index is -0.786. The maximum atomic E-state index is 13.6. The van der Waals surface area contributed by atoms with E-state index in [0.29, 0.717) is 29.7 Å². The lowest BCUT2D eigenvalue weighted by Gasteiger charge is -2.38. The lowest BCUT2D eigenvalue weighted by molar-refractivity contribution is -0.139. The molecule has 2 atom stereocenters. The number of aromatic nitrogens is 6. The van der Waals surface area contributed by atoms with Crippen LogP contribution in [0, 0.1) is 11.3 Å². The third-order valence-corrected chi connectivity index (χ3v) is 7.57. The second-order valence-corrected chi connectivity index (χ2v) is 9.69. The molecule has 0 radical (unpaired) electrons. The van der Waals surface area contributed by atoms with Crippen LogP contribution in [0.25, 0.3) is 5.82 Å². The van der Waals surface area contributed by atoms with E-state index in [1.54, 1.807) is 12.1 Å². The molecule has 1 saturated carbocycles. The molecule has 1 N–H and O–H groups in total. The van der Waals surface area contributed by atoms with Gasteiger partial charge in [0.05, 0.1) is 16.8 Å². The topological polar surface area (TPSA) is 139 Å². The zero-order valence-electron chi connectivity index (χ0n) is 18.7. The van der Waals surface area contributed by atoms with Crippen molar-refractivity contribution in [3.8, 4) is 5.82 Å². The van der Waals surface area contributed by atoms with Crippen molar-refractivity contribution in [3.05, 3.63) is 35.9 Å². The number of aliphatic hydroxyl groups is 1. The van der Waals surface area contributed by atoms with Gasteiger partial charge in [0.15, 0.2) is 5.82 Å². The summed E-state index contributed by atoms with van der Waals surface area (Å²) in [6.45, 7) is 2.05. The van der Waals surface area contributed by atoms with Crippen LogP contribution in [0.4, 0.5) is 0 Å². The summed E-state index contributed by atoms with van der Waals surface area (Å²) in [6, 6.07) is 3.60. The third-order valence-electron chi connectivity index (χ3n) is 7.57. The molecule has 2 saturated heterocycles. The SMILES string of the molecule is C.O=C1C=C(N2C(=O)C3(CCN(C[C@H](O)c4ccc(-n5cnnn5)nn4)CC3)CC2C2CC2)CO1. The Morgan fingerprint density at radius 2 is 1.97 bits per heavy atom. The average Bonchev–Trinajstić information content (AvgIpc) is 3.24. The van der Waals surface area contributed by atoms with Crippen LogP contribution in [-0.2, 0) is 14.3 Å². The number of carbonyl (C=O) groups excluding carboxylic acids is 2. The van der Waals surface area contributed by atoms with Crippen molar-refractivity contribution in [1.29, 1.82) is 0 Å². The largest absolute Gasteiger partial charge is 0.456 e. The Bertz CT molecular complexity index is 1110. The molecule has 0 bridgehead atoms. The van der Waals surface area contributed by atoms with Crippen molar-refractivity contribution in [2.24, 2.45) is 11.3 Å². The molecule has 1 amide bonds. The molecule has 12 heteroatoms. The first-order valence-corrected chi connectivity index (χ1v) is 11.7. The molecular weight excluding hydrogens is 452 g/mol. The Balaban J connectivity index is 0.00000253. The van der Waals surface area contributed by atoms with Crippen LogP contribution in [0.1, 0.15) is 51.3 Å². The van der Waals surface area contributed by atoms with E-state index in [-0.39, 0.29) is 32.0 Å². The summed E-state index contributed by atoms with van der Waals surface area (Å²) in [4.78, 5) is 29.3. The van der Waals surface area contributed by atoms with Gasteiger partial charge in [0, 0.05) is 18.7 Å². The Morgan fingerprint density at radius 1 is 1.17 bits per heavy atom. The van der Waals surface area contributed by atoms with Crippen LogP contribution in [0.5, 0.6) is 0 Å². The van der Waals surface area contributed by atoms with Crippen LogP contribution in [0.2, 0.25) is 0 Å². The first-order chi connectivity index (χ1) is 16.5. The molecule has 3 fully saturated rings. The van der Waals surface area contributed by atoms with E-state index in [2.05, 4.69) is 30.6 Å². The van der Waals surface area contributed by atoms with Crippen LogP contribution < -0.4 is 0 Å². The zero-order valence-corrected chi connectivity index (χ0v) is 18.7. The van der Waals surface area contributed by atoms with Crippen molar-refractivity contribution in [2.45, 2.75) is 51.7 Å². The van der Waals surface area contributed by atoms with E-state index in [9.17, 15) is 14.7 Å². The summed E-state index contributed by atoms with van der Waals surface area (Å²) in [5, 5.41) is 29.9. The number of piperidine rings is 1. The number of likely N-dealkylation sites (tertiary alicyclic amines) is 2. The highest BCUT2D eigenvalue weighted by Crippen LogP contribution is 2.52. The number of hydrogen-bond donors (Lipinski definition) is 1. The Kier molecular flexibility index (Phi) is 6.09. The molecule has 2 aromatic heterocycles. The van der Waals surface area contributed by atoms with Gasteiger partial charge in [-0.25, -0.2) is 4.79 Å². The van der Waals surface area contributed by atoms with E-state index in [1.807, 2.05) is 4.90 Å². The lowest BCUT2D eigenvalue weighted by atomic mass is 9.75. The van der Waals surface area contributed by atoms with Gasteiger partial charge in [-0.15, -0.1) is 10.2 Å². The molecule has 4 aliphatic rings. The van der Waals surface area contributed by atoms with E-state index in [1.165, 1.54) is 17.1 Å². The van der Waals surface area contributed by atoms with Crippen molar-refractivity contribution in [1.82, 2.24) is 40.2 Å². The van der Waals surface area contributed by atoms with Crippen LogP contribution >= 0.6 is 0 Å². The van der Waals surface area contributed by atoms with E-state index in [4.69, 9.17) is 4.74 Å². The maximum absolute atomic E-state index is 13.6. The Labute approximate surface area is 202 Å². The van der Waals surface area contributed by atoms with Gasteiger partial charge in [-0.3, -0.25) is 4.79 Å². The van der Waals surface area contributed by atoms with Gasteiger partial charge >= 0.3 is 5.97 Å². The van der Waals surface area contributed by atoms with Crippen LogP contribution in [0.3, 0.4) is 0 Å². The molecule has 186 valence electrons. The maximum Gasteiger partial charge on any atom is 0.333 e. The number of tetrazole rings is 1. The highest BCUT2D eigenvalue weighted by atomic mass is 16.5.